The molecule has 0 saturated heterocycles. The summed E-state index contributed by atoms with van der Waals surface area (Å²) in [5.41, 5.74) is 9.59. The molecule has 0 aromatic heterocycles. The number of aryl methyl sites for hydroxylation is 1. The van der Waals surface area contributed by atoms with Crippen LogP contribution in [0.5, 0.6) is 0 Å². The molecule has 21 heavy (non-hydrogen) atoms. The van der Waals surface area contributed by atoms with Gasteiger partial charge in [0.25, 0.3) is 0 Å². The Morgan fingerprint density at radius 3 is 2.33 bits per heavy atom. The van der Waals surface area contributed by atoms with Gasteiger partial charge in [0, 0.05) is 12.2 Å². The summed E-state index contributed by atoms with van der Waals surface area (Å²) in [5, 5.41) is 0. The van der Waals surface area contributed by atoms with E-state index in [0.29, 0.717) is 0 Å². The molecule has 2 aromatic rings. The first-order chi connectivity index (χ1) is 10.3. The molecule has 0 aliphatic heterocycles. The fraction of sp³-hybridized carbons (Fsp3) is 0.368. The van der Waals surface area contributed by atoms with Gasteiger partial charge in [-0.15, -0.1) is 0 Å². The van der Waals surface area contributed by atoms with E-state index in [2.05, 4.69) is 54.3 Å². The monoisotopic (exact) mass is 282 g/mol. The number of nitrogens with two attached hydrogens (primary N) is 1. The van der Waals surface area contributed by atoms with Crippen LogP contribution in [0.1, 0.15) is 30.9 Å². The van der Waals surface area contributed by atoms with Crippen molar-refractivity contribution in [2.45, 2.75) is 32.7 Å². The van der Waals surface area contributed by atoms with Crippen LogP contribution in [-0.2, 0) is 13.0 Å². The van der Waals surface area contributed by atoms with E-state index >= 15 is 0 Å². The normalized spacial score (nSPS) is 11.0. The summed E-state index contributed by atoms with van der Waals surface area (Å²) in [5.74, 6) is 0. The van der Waals surface area contributed by atoms with Crippen LogP contribution in [0.2, 0.25) is 0 Å². The Morgan fingerprint density at radius 2 is 1.62 bits per heavy atom. The largest absolute Gasteiger partial charge is 0.399 e. The van der Waals surface area contributed by atoms with Gasteiger partial charge in [0.05, 0.1) is 0 Å². The summed E-state index contributed by atoms with van der Waals surface area (Å²) >= 11 is 0. The van der Waals surface area contributed by atoms with E-state index in [0.717, 1.165) is 38.2 Å². The summed E-state index contributed by atoms with van der Waals surface area (Å²) in [4.78, 5) is 2.54. The SMILES string of the molecule is CCCN(CCCc1ccccc1N)Cc1ccccc1. The van der Waals surface area contributed by atoms with Crippen LogP contribution < -0.4 is 5.73 Å². The third-order valence-electron chi connectivity index (χ3n) is 3.76. The van der Waals surface area contributed by atoms with Crippen molar-refractivity contribution in [2.24, 2.45) is 0 Å². The molecule has 0 aliphatic rings. The number of rotatable bonds is 8. The minimum atomic E-state index is 0.919. The van der Waals surface area contributed by atoms with Gasteiger partial charge in [-0.2, -0.15) is 0 Å². The molecular formula is C19H26N2. The van der Waals surface area contributed by atoms with Gasteiger partial charge in [-0.3, -0.25) is 4.90 Å². The number of nitrogen functional groups attached to an aromatic ring is 1. The average molecular weight is 282 g/mol. The van der Waals surface area contributed by atoms with Crippen LogP contribution in [0.15, 0.2) is 54.6 Å². The maximum absolute atomic E-state index is 6.01. The first-order valence-corrected chi connectivity index (χ1v) is 7.89. The number of nitrogens with zero attached hydrogens (tertiary/aromatic N) is 1. The summed E-state index contributed by atoms with van der Waals surface area (Å²) in [6.45, 7) is 5.56. The summed E-state index contributed by atoms with van der Waals surface area (Å²) in [7, 11) is 0. The van der Waals surface area contributed by atoms with Crippen molar-refractivity contribution < 1.29 is 0 Å². The molecule has 0 fully saturated rings. The quantitative estimate of drug-likeness (QED) is 0.738. The average Bonchev–Trinajstić information content (AvgIpc) is 2.50. The van der Waals surface area contributed by atoms with E-state index in [9.17, 15) is 0 Å². The molecule has 112 valence electrons. The van der Waals surface area contributed by atoms with Gasteiger partial charge in [0.2, 0.25) is 0 Å². The molecule has 0 saturated carbocycles. The van der Waals surface area contributed by atoms with E-state index < -0.39 is 0 Å². The Labute approximate surface area is 128 Å². The maximum atomic E-state index is 6.01. The van der Waals surface area contributed by atoms with Crippen molar-refractivity contribution in [3.8, 4) is 0 Å². The van der Waals surface area contributed by atoms with Crippen molar-refractivity contribution in [2.75, 3.05) is 18.8 Å². The lowest BCUT2D eigenvalue weighted by atomic mass is 10.1. The van der Waals surface area contributed by atoms with Crippen LogP contribution in [0.25, 0.3) is 0 Å². The van der Waals surface area contributed by atoms with Gasteiger partial charge in [0.15, 0.2) is 0 Å². The molecule has 0 radical (unpaired) electrons. The Hall–Kier alpha value is -1.80. The third kappa shape index (κ3) is 5.24. The lowest BCUT2D eigenvalue weighted by Gasteiger charge is -2.22. The Morgan fingerprint density at radius 1 is 0.905 bits per heavy atom. The molecule has 0 heterocycles. The molecule has 0 bridgehead atoms. The van der Waals surface area contributed by atoms with E-state index in [1.165, 1.54) is 17.5 Å². The van der Waals surface area contributed by atoms with Gasteiger partial charge in [-0.25, -0.2) is 0 Å². The maximum Gasteiger partial charge on any atom is 0.0346 e. The minimum Gasteiger partial charge on any atom is -0.399 e. The molecule has 0 atom stereocenters. The molecule has 0 amide bonds. The zero-order valence-electron chi connectivity index (χ0n) is 13.0. The molecule has 2 heteroatoms. The van der Waals surface area contributed by atoms with Gasteiger partial charge >= 0.3 is 0 Å². The van der Waals surface area contributed by atoms with Crippen molar-refractivity contribution in [1.29, 1.82) is 0 Å². The molecule has 0 spiro atoms. The lowest BCUT2D eigenvalue weighted by Crippen LogP contribution is -2.25. The highest BCUT2D eigenvalue weighted by Gasteiger charge is 2.05. The molecule has 2 aromatic carbocycles. The standard InChI is InChI=1S/C19H26N2/c1-2-14-21(16-17-9-4-3-5-10-17)15-8-12-18-11-6-7-13-19(18)20/h3-7,9-11,13H,2,8,12,14-16,20H2,1H3. The van der Waals surface area contributed by atoms with Crippen LogP contribution in [0.3, 0.4) is 0 Å². The lowest BCUT2D eigenvalue weighted by molar-refractivity contribution is 0.263. The Bertz CT molecular complexity index is 522. The molecule has 0 unspecified atom stereocenters. The fourth-order valence-corrected chi connectivity index (χ4v) is 2.68. The summed E-state index contributed by atoms with van der Waals surface area (Å²) < 4.78 is 0. The highest BCUT2D eigenvalue weighted by atomic mass is 15.1. The Kier molecular flexibility index (Phi) is 6.29. The summed E-state index contributed by atoms with van der Waals surface area (Å²) in [6, 6.07) is 18.9. The number of hydrogen-bond donors (Lipinski definition) is 1. The number of hydrogen-bond acceptors (Lipinski definition) is 2. The molecule has 2 rings (SSSR count). The predicted molar refractivity (Wildman–Crippen MR) is 91.2 cm³/mol. The second kappa shape index (κ2) is 8.48. The van der Waals surface area contributed by atoms with Crippen molar-refractivity contribution in [3.05, 3.63) is 65.7 Å². The van der Waals surface area contributed by atoms with Gasteiger partial charge < -0.3 is 5.73 Å². The van der Waals surface area contributed by atoms with Gasteiger partial charge in [0.1, 0.15) is 0 Å². The van der Waals surface area contributed by atoms with Crippen LogP contribution in [0.4, 0.5) is 5.69 Å². The number of benzene rings is 2. The van der Waals surface area contributed by atoms with E-state index in [1.807, 2.05) is 12.1 Å². The topological polar surface area (TPSA) is 29.3 Å². The van der Waals surface area contributed by atoms with Crippen molar-refractivity contribution in [1.82, 2.24) is 4.90 Å². The second-order valence-corrected chi connectivity index (χ2v) is 5.56. The molecule has 2 N–H and O–H groups in total. The van der Waals surface area contributed by atoms with Crippen LogP contribution >= 0.6 is 0 Å². The molecular weight excluding hydrogens is 256 g/mol. The highest BCUT2D eigenvalue weighted by molar-refractivity contribution is 5.46. The summed E-state index contributed by atoms with van der Waals surface area (Å²) in [6.07, 6.45) is 3.41. The van der Waals surface area contributed by atoms with Gasteiger partial charge in [-0.1, -0.05) is 55.5 Å². The smallest absolute Gasteiger partial charge is 0.0346 e. The van der Waals surface area contributed by atoms with E-state index in [4.69, 9.17) is 5.73 Å². The number of anilines is 1. The second-order valence-electron chi connectivity index (χ2n) is 5.56. The van der Waals surface area contributed by atoms with Gasteiger partial charge in [-0.05, 0) is 49.5 Å². The predicted octanol–water partition coefficient (Wildman–Crippen LogP) is 4.11. The first kappa shape index (κ1) is 15.6. The highest BCUT2D eigenvalue weighted by Crippen LogP contribution is 2.13. The minimum absolute atomic E-state index is 0.919. The zero-order valence-corrected chi connectivity index (χ0v) is 13.0. The third-order valence-corrected chi connectivity index (χ3v) is 3.76. The van der Waals surface area contributed by atoms with E-state index in [1.54, 1.807) is 0 Å². The zero-order chi connectivity index (χ0) is 14.9. The van der Waals surface area contributed by atoms with Crippen molar-refractivity contribution >= 4 is 5.69 Å². The molecule has 2 nitrogen and oxygen atoms in total. The first-order valence-electron chi connectivity index (χ1n) is 7.89. The van der Waals surface area contributed by atoms with E-state index in [-0.39, 0.29) is 0 Å². The van der Waals surface area contributed by atoms with Crippen LogP contribution in [0, 0.1) is 0 Å². The Balaban J connectivity index is 1.84. The number of para-hydroxylation sites is 1. The fourth-order valence-electron chi connectivity index (χ4n) is 2.68. The van der Waals surface area contributed by atoms with Crippen LogP contribution in [-0.4, -0.2) is 18.0 Å². The van der Waals surface area contributed by atoms with Crippen molar-refractivity contribution in [3.63, 3.8) is 0 Å². The molecule has 0 aliphatic carbocycles.